The van der Waals surface area contributed by atoms with Crippen LogP contribution in [0.5, 0.6) is 0 Å². The van der Waals surface area contributed by atoms with E-state index in [1.807, 2.05) is 20.2 Å². The number of amidine groups is 1. The maximum absolute atomic E-state index is 12.1. The molecule has 1 rings (SSSR count). The predicted octanol–water partition coefficient (Wildman–Crippen LogP) is 0.151. The van der Waals surface area contributed by atoms with Crippen molar-refractivity contribution in [3.05, 3.63) is 18.0 Å². The second-order valence-corrected chi connectivity index (χ2v) is 4.20. The topological polar surface area (TPSA) is 96.7 Å². The average Bonchev–Trinajstić information content (AvgIpc) is 2.75. The quantitative estimate of drug-likeness (QED) is 0.338. The van der Waals surface area contributed by atoms with E-state index in [9.17, 15) is 4.79 Å². The van der Waals surface area contributed by atoms with Crippen LogP contribution in [-0.4, -0.2) is 38.7 Å². The first-order valence-electron chi connectivity index (χ1n) is 5.69. The Labute approximate surface area is 106 Å². The highest BCUT2D eigenvalue weighted by Crippen LogP contribution is 2.10. The number of carbonyl (C=O) groups excluding carboxylic acids is 1. The van der Waals surface area contributed by atoms with Gasteiger partial charge in [0.05, 0.1) is 12.1 Å². The van der Waals surface area contributed by atoms with Crippen molar-refractivity contribution in [3.8, 4) is 0 Å². The first-order chi connectivity index (χ1) is 8.49. The average molecular weight is 253 g/mol. The Hall–Kier alpha value is -2.05. The van der Waals surface area contributed by atoms with Gasteiger partial charge in [-0.15, -0.1) is 0 Å². The van der Waals surface area contributed by atoms with Gasteiger partial charge in [0, 0.05) is 32.4 Å². The SMILES string of the molecule is CCC(C(=O)N(C)Cc1cnn(C)c1)C(N)=NO. The fraction of sp³-hybridized carbons (Fsp3) is 0.545. The summed E-state index contributed by atoms with van der Waals surface area (Å²) in [6.45, 7) is 2.26. The Morgan fingerprint density at radius 3 is 2.83 bits per heavy atom. The maximum Gasteiger partial charge on any atom is 0.233 e. The monoisotopic (exact) mass is 253 g/mol. The van der Waals surface area contributed by atoms with Crippen LogP contribution < -0.4 is 5.73 Å². The zero-order chi connectivity index (χ0) is 13.7. The molecule has 7 heteroatoms. The molecule has 100 valence electrons. The minimum atomic E-state index is -0.586. The van der Waals surface area contributed by atoms with Gasteiger partial charge in [0.2, 0.25) is 5.91 Å². The normalized spacial score (nSPS) is 13.4. The molecule has 0 aliphatic heterocycles. The Balaban J connectivity index is 2.71. The Morgan fingerprint density at radius 2 is 2.39 bits per heavy atom. The fourth-order valence-electron chi connectivity index (χ4n) is 1.75. The van der Waals surface area contributed by atoms with Crippen LogP contribution in [-0.2, 0) is 18.4 Å². The van der Waals surface area contributed by atoms with Crippen LogP contribution in [0.2, 0.25) is 0 Å². The van der Waals surface area contributed by atoms with Crippen molar-refractivity contribution < 1.29 is 10.0 Å². The van der Waals surface area contributed by atoms with E-state index in [1.165, 1.54) is 0 Å². The van der Waals surface area contributed by atoms with E-state index < -0.39 is 5.92 Å². The third-order valence-corrected chi connectivity index (χ3v) is 2.73. The summed E-state index contributed by atoms with van der Waals surface area (Å²) in [5.41, 5.74) is 6.43. The lowest BCUT2D eigenvalue weighted by Gasteiger charge is -2.21. The number of rotatable bonds is 5. The van der Waals surface area contributed by atoms with E-state index in [4.69, 9.17) is 10.9 Å². The number of carbonyl (C=O) groups is 1. The minimum Gasteiger partial charge on any atom is -0.409 e. The molecule has 7 nitrogen and oxygen atoms in total. The summed E-state index contributed by atoms with van der Waals surface area (Å²) in [6.07, 6.45) is 4.04. The van der Waals surface area contributed by atoms with Gasteiger partial charge in [-0.05, 0) is 6.42 Å². The van der Waals surface area contributed by atoms with Crippen LogP contribution in [0.4, 0.5) is 0 Å². The molecule has 0 radical (unpaired) electrons. The van der Waals surface area contributed by atoms with E-state index in [0.717, 1.165) is 5.56 Å². The number of hydrogen-bond acceptors (Lipinski definition) is 4. The van der Waals surface area contributed by atoms with Gasteiger partial charge >= 0.3 is 0 Å². The van der Waals surface area contributed by atoms with Crippen molar-refractivity contribution in [2.24, 2.45) is 23.9 Å². The smallest absolute Gasteiger partial charge is 0.233 e. The Bertz CT molecular complexity index is 440. The predicted molar refractivity (Wildman–Crippen MR) is 66.9 cm³/mol. The molecule has 1 amide bonds. The fourth-order valence-corrected chi connectivity index (χ4v) is 1.75. The van der Waals surface area contributed by atoms with Crippen LogP contribution >= 0.6 is 0 Å². The number of aromatic nitrogens is 2. The Morgan fingerprint density at radius 1 is 1.72 bits per heavy atom. The van der Waals surface area contributed by atoms with Crippen molar-refractivity contribution in [1.29, 1.82) is 0 Å². The summed E-state index contributed by atoms with van der Waals surface area (Å²) in [5.74, 6) is -0.811. The van der Waals surface area contributed by atoms with Crippen molar-refractivity contribution in [2.45, 2.75) is 19.9 Å². The molecule has 18 heavy (non-hydrogen) atoms. The third-order valence-electron chi connectivity index (χ3n) is 2.73. The minimum absolute atomic E-state index is 0.0551. The molecule has 3 N–H and O–H groups in total. The first-order valence-corrected chi connectivity index (χ1v) is 5.69. The molecule has 0 saturated carbocycles. The van der Waals surface area contributed by atoms with Crippen LogP contribution in [0.1, 0.15) is 18.9 Å². The lowest BCUT2D eigenvalue weighted by molar-refractivity contribution is -0.132. The van der Waals surface area contributed by atoms with Gasteiger partial charge < -0.3 is 15.8 Å². The highest BCUT2D eigenvalue weighted by atomic mass is 16.4. The van der Waals surface area contributed by atoms with Gasteiger partial charge in [-0.2, -0.15) is 5.10 Å². The summed E-state index contributed by atoms with van der Waals surface area (Å²) < 4.78 is 1.68. The first kappa shape index (κ1) is 14.0. The second kappa shape index (κ2) is 6.04. The number of oxime groups is 1. The van der Waals surface area contributed by atoms with E-state index in [-0.39, 0.29) is 11.7 Å². The molecule has 1 heterocycles. The Kier molecular flexibility index (Phi) is 4.70. The number of amides is 1. The van der Waals surface area contributed by atoms with Gasteiger partial charge in [0.25, 0.3) is 0 Å². The van der Waals surface area contributed by atoms with E-state index in [1.54, 1.807) is 22.8 Å². The lowest BCUT2D eigenvalue weighted by Crippen LogP contribution is -2.39. The molecule has 0 spiro atoms. The third kappa shape index (κ3) is 3.22. The molecule has 0 fully saturated rings. The molecule has 1 aromatic heterocycles. The highest BCUT2D eigenvalue weighted by Gasteiger charge is 2.24. The molecule has 0 bridgehead atoms. The van der Waals surface area contributed by atoms with Crippen LogP contribution in [0.3, 0.4) is 0 Å². The summed E-state index contributed by atoms with van der Waals surface area (Å²) in [7, 11) is 3.50. The van der Waals surface area contributed by atoms with Crippen molar-refractivity contribution in [1.82, 2.24) is 14.7 Å². The maximum atomic E-state index is 12.1. The number of nitrogens with two attached hydrogens (primary N) is 1. The largest absolute Gasteiger partial charge is 0.409 e. The van der Waals surface area contributed by atoms with Crippen molar-refractivity contribution in [3.63, 3.8) is 0 Å². The molecular formula is C11H19N5O2. The molecule has 1 unspecified atom stereocenters. The van der Waals surface area contributed by atoms with E-state index in [0.29, 0.717) is 13.0 Å². The number of hydrogen-bond donors (Lipinski definition) is 2. The highest BCUT2D eigenvalue weighted by molar-refractivity contribution is 6.01. The standard InChI is InChI=1S/C11H19N5O2/c1-4-9(10(12)14-18)11(17)15(2)6-8-5-13-16(3)7-8/h5,7,9,18H,4,6H2,1-3H3,(H2,12,14). The van der Waals surface area contributed by atoms with Gasteiger partial charge in [-0.3, -0.25) is 9.48 Å². The molecular weight excluding hydrogens is 234 g/mol. The van der Waals surface area contributed by atoms with Gasteiger partial charge in [0.1, 0.15) is 0 Å². The molecule has 1 aromatic rings. The summed E-state index contributed by atoms with van der Waals surface area (Å²) >= 11 is 0. The molecule has 0 aromatic carbocycles. The lowest BCUT2D eigenvalue weighted by atomic mass is 10.0. The van der Waals surface area contributed by atoms with Gasteiger partial charge in [0.15, 0.2) is 5.84 Å². The van der Waals surface area contributed by atoms with E-state index in [2.05, 4.69) is 10.3 Å². The number of aryl methyl sites for hydroxylation is 1. The molecule has 0 aliphatic carbocycles. The molecule has 0 aliphatic rings. The van der Waals surface area contributed by atoms with Crippen LogP contribution in [0.25, 0.3) is 0 Å². The number of nitrogens with zero attached hydrogens (tertiary/aromatic N) is 4. The van der Waals surface area contributed by atoms with E-state index >= 15 is 0 Å². The van der Waals surface area contributed by atoms with Crippen molar-refractivity contribution >= 4 is 11.7 Å². The second-order valence-electron chi connectivity index (χ2n) is 4.20. The molecule has 0 saturated heterocycles. The van der Waals surface area contributed by atoms with Gasteiger partial charge in [-0.1, -0.05) is 12.1 Å². The van der Waals surface area contributed by atoms with Crippen LogP contribution in [0.15, 0.2) is 17.5 Å². The zero-order valence-corrected chi connectivity index (χ0v) is 10.9. The van der Waals surface area contributed by atoms with Crippen molar-refractivity contribution in [2.75, 3.05) is 7.05 Å². The summed E-state index contributed by atoms with van der Waals surface area (Å²) in [6, 6.07) is 0. The zero-order valence-electron chi connectivity index (χ0n) is 10.9. The summed E-state index contributed by atoms with van der Waals surface area (Å²) in [4.78, 5) is 13.7. The van der Waals surface area contributed by atoms with Crippen LogP contribution in [0, 0.1) is 5.92 Å². The summed E-state index contributed by atoms with van der Waals surface area (Å²) in [5, 5.41) is 15.6. The van der Waals surface area contributed by atoms with Gasteiger partial charge in [-0.25, -0.2) is 0 Å². The molecule has 1 atom stereocenters.